The van der Waals surface area contributed by atoms with E-state index in [-0.39, 0.29) is 36.3 Å². The lowest BCUT2D eigenvalue weighted by Gasteiger charge is -2.28. The molecule has 2 aliphatic heterocycles. The number of halogens is 2. The summed E-state index contributed by atoms with van der Waals surface area (Å²) in [5.41, 5.74) is 1.01. The van der Waals surface area contributed by atoms with Crippen LogP contribution in [-0.4, -0.2) is 54.5 Å². The van der Waals surface area contributed by atoms with Crippen molar-refractivity contribution in [3.8, 4) is 0 Å². The number of carbonyl (C=O) groups is 4. The maximum atomic E-state index is 15.3. The molecule has 37 heavy (non-hydrogen) atoms. The average Bonchev–Trinajstić information content (AvgIpc) is 3.36. The first-order valence-electron chi connectivity index (χ1n) is 12.2. The van der Waals surface area contributed by atoms with Crippen LogP contribution in [0.5, 0.6) is 0 Å². The van der Waals surface area contributed by atoms with Gasteiger partial charge >= 0.3 is 12.0 Å². The van der Waals surface area contributed by atoms with Gasteiger partial charge in [-0.15, -0.1) is 5.12 Å². The number of esters is 1. The topological polar surface area (TPSA) is 99.3 Å². The van der Waals surface area contributed by atoms with Crippen molar-refractivity contribution in [2.45, 2.75) is 38.6 Å². The summed E-state index contributed by atoms with van der Waals surface area (Å²) in [6.07, 6.45) is 2.12. The van der Waals surface area contributed by atoms with Gasteiger partial charge in [0.1, 0.15) is 6.04 Å². The fourth-order valence-corrected chi connectivity index (χ4v) is 4.68. The van der Waals surface area contributed by atoms with E-state index in [1.807, 2.05) is 0 Å². The first-order chi connectivity index (χ1) is 17.8. The molecule has 9 nitrogen and oxygen atoms in total. The second-order valence-electron chi connectivity index (χ2n) is 8.93. The Balaban J connectivity index is 1.51. The third kappa shape index (κ3) is 6.02. The number of piperidine rings is 1. The predicted octanol–water partition coefficient (Wildman–Crippen LogP) is 4.56. The first kappa shape index (κ1) is 26.4. The number of ether oxygens (including phenoxy) is 1. The van der Waals surface area contributed by atoms with Crippen LogP contribution in [0.25, 0.3) is 0 Å². The molecule has 4 amide bonds. The quantitative estimate of drug-likeness (QED) is 0.436. The Morgan fingerprint density at radius 2 is 1.81 bits per heavy atom. The van der Waals surface area contributed by atoms with Crippen molar-refractivity contribution >= 4 is 52.5 Å². The molecule has 0 aliphatic carbocycles. The Kier molecular flexibility index (Phi) is 8.27. The van der Waals surface area contributed by atoms with Crippen molar-refractivity contribution in [1.82, 2.24) is 4.90 Å². The molecule has 2 aromatic carbocycles. The van der Waals surface area contributed by atoms with Gasteiger partial charge in [0.25, 0.3) is 5.91 Å². The van der Waals surface area contributed by atoms with Crippen molar-refractivity contribution in [3.63, 3.8) is 0 Å². The third-order valence-corrected chi connectivity index (χ3v) is 6.72. The van der Waals surface area contributed by atoms with Crippen LogP contribution in [0.3, 0.4) is 0 Å². The summed E-state index contributed by atoms with van der Waals surface area (Å²) in [5.74, 6) is -2.31. The SMILES string of the molecule is CCOC(=O)C1CC(C(=O)N(F)c2ccc(N3CCCCC3=O)cc2)N(C(=O)Nc2ccc(Cl)cc2)C1. The molecule has 4 rings (SSSR count). The number of benzene rings is 2. The second-order valence-corrected chi connectivity index (χ2v) is 9.36. The standard InChI is InChI=1S/C26H28ClFN4O5/c1-2-37-25(35)17-15-22(31(16-17)26(36)29-19-8-6-18(27)7-9-19)24(34)32(28)21-12-10-20(11-13-21)30-14-4-3-5-23(30)33/h6-13,17,22H,2-5,14-16H2,1H3,(H,29,36). The number of urea groups is 1. The fraction of sp³-hybridized carbons (Fsp3) is 0.385. The van der Waals surface area contributed by atoms with E-state index in [2.05, 4.69) is 5.32 Å². The van der Waals surface area contributed by atoms with E-state index in [1.54, 1.807) is 48.2 Å². The molecule has 2 atom stereocenters. The minimum Gasteiger partial charge on any atom is -0.466 e. The maximum Gasteiger partial charge on any atom is 0.322 e. The van der Waals surface area contributed by atoms with Gasteiger partial charge in [-0.25, -0.2) is 4.79 Å². The minimum atomic E-state index is -1.23. The van der Waals surface area contributed by atoms with Crippen LogP contribution >= 0.6 is 11.6 Å². The minimum absolute atomic E-state index is 0.00508. The first-order valence-corrected chi connectivity index (χ1v) is 12.6. The Labute approximate surface area is 219 Å². The third-order valence-electron chi connectivity index (χ3n) is 6.47. The smallest absolute Gasteiger partial charge is 0.322 e. The van der Waals surface area contributed by atoms with E-state index >= 15 is 4.48 Å². The zero-order valence-corrected chi connectivity index (χ0v) is 21.1. The largest absolute Gasteiger partial charge is 0.466 e. The van der Waals surface area contributed by atoms with Gasteiger partial charge < -0.3 is 19.9 Å². The molecule has 0 spiro atoms. The molecule has 0 aromatic heterocycles. The van der Waals surface area contributed by atoms with Crippen molar-refractivity contribution in [2.75, 3.05) is 35.0 Å². The molecule has 0 saturated carbocycles. The van der Waals surface area contributed by atoms with Gasteiger partial charge in [0.2, 0.25) is 5.91 Å². The molecule has 196 valence electrons. The van der Waals surface area contributed by atoms with Gasteiger partial charge in [0.05, 0.1) is 18.2 Å². The van der Waals surface area contributed by atoms with Crippen LogP contribution in [0.4, 0.5) is 26.3 Å². The summed E-state index contributed by atoms with van der Waals surface area (Å²) < 4.78 is 20.4. The molecule has 2 aromatic rings. The second kappa shape index (κ2) is 11.6. The van der Waals surface area contributed by atoms with Crippen LogP contribution in [-0.2, 0) is 19.1 Å². The summed E-state index contributed by atoms with van der Waals surface area (Å²) in [6, 6.07) is 10.5. The Morgan fingerprint density at radius 3 is 2.46 bits per heavy atom. The number of nitrogens with zero attached hydrogens (tertiary/aromatic N) is 3. The van der Waals surface area contributed by atoms with Gasteiger partial charge in [-0.2, -0.15) is 0 Å². The molecule has 2 heterocycles. The molecule has 1 N–H and O–H groups in total. The molecule has 2 saturated heterocycles. The fourth-order valence-electron chi connectivity index (χ4n) is 4.55. The Bertz CT molecular complexity index is 1160. The highest BCUT2D eigenvalue weighted by molar-refractivity contribution is 6.30. The number of anilines is 3. The zero-order chi connectivity index (χ0) is 26.5. The van der Waals surface area contributed by atoms with Crippen molar-refractivity contribution < 1.29 is 28.4 Å². The van der Waals surface area contributed by atoms with E-state index in [4.69, 9.17) is 16.3 Å². The lowest BCUT2D eigenvalue weighted by atomic mass is 10.1. The average molecular weight is 531 g/mol. The monoisotopic (exact) mass is 530 g/mol. The summed E-state index contributed by atoms with van der Waals surface area (Å²) >= 11 is 5.89. The molecule has 2 fully saturated rings. The van der Waals surface area contributed by atoms with Gasteiger partial charge in [-0.05, 0) is 74.7 Å². The van der Waals surface area contributed by atoms with Crippen molar-refractivity contribution in [1.29, 1.82) is 0 Å². The Morgan fingerprint density at radius 1 is 1.11 bits per heavy atom. The molecule has 2 unspecified atom stereocenters. The van der Waals surface area contributed by atoms with Crippen LogP contribution in [0.2, 0.25) is 5.02 Å². The van der Waals surface area contributed by atoms with E-state index < -0.39 is 29.9 Å². The summed E-state index contributed by atoms with van der Waals surface area (Å²) in [4.78, 5) is 53.6. The molecular formula is C26H28ClFN4O5. The number of carbonyl (C=O) groups excluding carboxylic acids is 4. The lowest BCUT2D eigenvalue weighted by Crippen LogP contribution is -2.47. The van der Waals surface area contributed by atoms with Gasteiger partial charge in [-0.3, -0.25) is 14.4 Å². The van der Waals surface area contributed by atoms with Gasteiger partial charge in [0.15, 0.2) is 0 Å². The highest BCUT2D eigenvalue weighted by Gasteiger charge is 2.45. The number of rotatable bonds is 6. The Hall–Kier alpha value is -3.66. The van der Waals surface area contributed by atoms with Gasteiger partial charge in [-0.1, -0.05) is 16.1 Å². The summed E-state index contributed by atoms with van der Waals surface area (Å²) in [6.45, 7) is 2.29. The molecule has 2 aliphatic rings. The van der Waals surface area contributed by atoms with Gasteiger partial charge in [0, 0.05) is 35.9 Å². The maximum absolute atomic E-state index is 15.3. The lowest BCUT2D eigenvalue weighted by molar-refractivity contribution is -0.147. The van der Waals surface area contributed by atoms with Crippen LogP contribution in [0.1, 0.15) is 32.6 Å². The van der Waals surface area contributed by atoms with Crippen LogP contribution < -0.4 is 15.3 Å². The highest BCUT2D eigenvalue weighted by Crippen LogP contribution is 2.30. The zero-order valence-electron chi connectivity index (χ0n) is 20.4. The molecule has 0 bridgehead atoms. The predicted molar refractivity (Wildman–Crippen MR) is 137 cm³/mol. The van der Waals surface area contributed by atoms with Crippen molar-refractivity contribution in [2.24, 2.45) is 5.92 Å². The number of hydrogen-bond acceptors (Lipinski definition) is 5. The number of hydrogen-bond donors (Lipinski definition) is 1. The van der Waals surface area contributed by atoms with E-state index in [9.17, 15) is 19.2 Å². The van der Waals surface area contributed by atoms with Crippen LogP contribution in [0.15, 0.2) is 48.5 Å². The number of amides is 4. The molecular weight excluding hydrogens is 503 g/mol. The highest BCUT2D eigenvalue weighted by atomic mass is 35.5. The summed E-state index contributed by atoms with van der Waals surface area (Å²) in [7, 11) is 0. The molecule has 0 radical (unpaired) electrons. The summed E-state index contributed by atoms with van der Waals surface area (Å²) in [5, 5.41) is 3.12. The number of likely N-dealkylation sites (tertiary alicyclic amines) is 1. The van der Waals surface area contributed by atoms with E-state index in [0.29, 0.717) is 29.4 Å². The number of nitrogens with one attached hydrogen (secondary N) is 1. The van der Waals surface area contributed by atoms with Crippen molar-refractivity contribution in [3.05, 3.63) is 53.6 Å². The van der Waals surface area contributed by atoms with E-state index in [0.717, 1.165) is 17.7 Å². The van der Waals surface area contributed by atoms with E-state index in [1.165, 1.54) is 12.1 Å². The van der Waals surface area contributed by atoms with Crippen LogP contribution in [0, 0.1) is 5.92 Å². The normalized spacial score (nSPS) is 19.5. The molecule has 11 heteroatoms.